The van der Waals surface area contributed by atoms with Crippen molar-refractivity contribution in [2.45, 2.75) is 13.1 Å². The summed E-state index contributed by atoms with van der Waals surface area (Å²) in [6.45, 7) is 3.59. The van der Waals surface area contributed by atoms with Gasteiger partial charge in [0.05, 0.1) is 31.2 Å². The third kappa shape index (κ3) is 7.64. The van der Waals surface area contributed by atoms with Gasteiger partial charge in [-0.1, -0.05) is 12.1 Å². The number of carbonyl (C=O) groups excluding carboxylic acids is 2. The summed E-state index contributed by atoms with van der Waals surface area (Å²) in [6, 6.07) is 20.7. The molecule has 0 unspecified atom stereocenters. The van der Waals surface area contributed by atoms with Crippen molar-refractivity contribution in [3.8, 4) is 28.3 Å². The maximum atomic E-state index is 14.0. The normalized spacial score (nSPS) is 13.2. The number of halogens is 3. The summed E-state index contributed by atoms with van der Waals surface area (Å²) in [4.78, 5) is 29.6. The Bertz CT molecular complexity index is 1940. The van der Waals surface area contributed by atoms with Crippen LogP contribution in [0.25, 0.3) is 16.8 Å². The lowest BCUT2D eigenvalue weighted by molar-refractivity contribution is -0.137. The zero-order valence-corrected chi connectivity index (χ0v) is 26.6. The van der Waals surface area contributed by atoms with Gasteiger partial charge in [0.2, 0.25) is 0 Å². The number of carbonyl (C=O) groups is 2. The van der Waals surface area contributed by atoms with E-state index in [2.05, 4.69) is 20.6 Å². The first-order chi connectivity index (χ1) is 23.6. The van der Waals surface area contributed by atoms with Crippen LogP contribution < -0.4 is 19.7 Å². The highest BCUT2D eigenvalue weighted by Crippen LogP contribution is 2.33. The number of benzene rings is 3. The van der Waals surface area contributed by atoms with Gasteiger partial charge in [0, 0.05) is 49.2 Å². The number of nitrogens with zero attached hydrogens (tertiary/aromatic N) is 6. The molecule has 0 bridgehead atoms. The van der Waals surface area contributed by atoms with E-state index in [4.69, 9.17) is 9.47 Å². The first-order valence-corrected chi connectivity index (χ1v) is 15.4. The maximum Gasteiger partial charge on any atom is 0.416 e. The molecule has 11 nitrogen and oxygen atoms in total. The Kier molecular flexibility index (Phi) is 9.47. The molecule has 0 radical (unpaired) electrons. The smallest absolute Gasteiger partial charge is 0.416 e. The molecule has 49 heavy (non-hydrogen) atoms. The molecular formula is C35H32F3N7O4. The van der Waals surface area contributed by atoms with Crippen LogP contribution in [-0.4, -0.2) is 76.6 Å². The fourth-order valence-corrected chi connectivity index (χ4v) is 5.38. The molecule has 1 saturated heterocycles. The summed E-state index contributed by atoms with van der Waals surface area (Å²) in [5, 5.41) is 15.3. The molecule has 1 aliphatic heterocycles. The Morgan fingerprint density at radius 1 is 0.878 bits per heavy atom. The molecule has 1 aliphatic rings. The Hall–Kier alpha value is -5.92. The molecule has 3 heterocycles. The lowest BCUT2D eigenvalue weighted by atomic mass is 10.1. The maximum absolute atomic E-state index is 14.0. The SMILES string of the molecule is CCOc1cccc(-c2cnn(-c3cc(C(=O)N4CCN(c5ccc(C(=O)Nc6ccc(OC)cc6)nn5)CC4)cc(C(F)(F)F)c3)c2)c1. The van der Waals surface area contributed by atoms with Crippen molar-refractivity contribution in [2.24, 2.45) is 0 Å². The first-order valence-electron chi connectivity index (χ1n) is 15.4. The summed E-state index contributed by atoms with van der Waals surface area (Å²) < 4.78 is 54.0. The molecule has 0 saturated carbocycles. The van der Waals surface area contributed by atoms with Crippen LogP contribution >= 0.6 is 0 Å². The van der Waals surface area contributed by atoms with E-state index in [0.29, 0.717) is 48.3 Å². The fraction of sp³-hybridized carbons (Fsp3) is 0.229. The van der Waals surface area contributed by atoms with E-state index in [-0.39, 0.29) is 30.0 Å². The van der Waals surface area contributed by atoms with Crippen LogP contribution in [0.1, 0.15) is 33.3 Å². The van der Waals surface area contributed by atoms with E-state index in [1.54, 1.807) is 55.9 Å². The number of anilines is 2. The minimum Gasteiger partial charge on any atom is -0.497 e. The van der Waals surface area contributed by atoms with Crippen LogP contribution in [0, 0.1) is 0 Å². The second-order valence-corrected chi connectivity index (χ2v) is 11.1. The second kappa shape index (κ2) is 14.1. The van der Waals surface area contributed by atoms with Gasteiger partial charge in [0.1, 0.15) is 11.5 Å². The molecule has 0 aliphatic carbocycles. The molecule has 6 rings (SSSR count). The van der Waals surface area contributed by atoms with E-state index in [1.807, 2.05) is 36.1 Å². The number of piperazine rings is 1. The Morgan fingerprint density at radius 3 is 2.33 bits per heavy atom. The van der Waals surface area contributed by atoms with Gasteiger partial charge in [-0.15, -0.1) is 10.2 Å². The number of aromatic nitrogens is 4. The quantitative estimate of drug-likeness (QED) is 0.204. The van der Waals surface area contributed by atoms with Gasteiger partial charge in [0.15, 0.2) is 11.5 Å². The molecule has 5 aromatic rings. The van der Waals surface area contributed by atoms with Crippen LogP contribution in [0.2, 0.25) is 0 Å². The molecule has 2 amide bonds. The minimum atomic E-state index is -4.68. The van der Waals surface area contributed by atoms with Crippen molar-refractivity contribution < 1.29 is 32.2 Å². The average Bonchev–Trinajstić information content (AvgIpc) is 3.62. The number of ether oxygens (including phenoxy) is 2. The van der Waals surface area contributed by atoms with Crippen LogP contribution in [0.4, 0.5) is 24.7 Å². The molecule has 252 valence electrons. The van der Waals surface area contributed by atoms with Gasteiger partial charge in [-0.2, -0.15) is 18.3 Å². The minimum absolute atomic E-state index is 0.0966. The highest BCUT2D eigenvalue weighted by molar-refractivity contribution is 6.02. The fourth-order valence-electron chi connectivity index (χ4n) is 5.38. The third-order valence-electron chi connectivity index (χ3n) is 7.94. The van der Waals surface area contributed by atoms with E-state index in [9.17, 15) is 22.8 Å². The number of hydrogen-bond donors (Lipinski definition) is 1. The molecule has 2 aromatic heterocycles. The lowest BCUT2D eigenvalue weighted by Gasteiger charge is -2.35. The van der Waals surface area contributed by atoms with Gasteiger partial charge in [-0.3, -0.25) is 9.59 Å². The van der Waals surface area contributed by atoms with Crippen molar-refractivity contribution in [3.63, 3.8) is 0 Å². The Labute approximate surface area is 279 Å². The van der Waals surface area contributed by atoms with Crippen LogP contribution in [0.15, 0.2) is 91.3 Å². The summed E-state index contributed by atoms with van der Waals surface area (Å²) in [5.74, 6) is 0.878. The van der Waals surface area contributed by atoms with Gasteiger partial charge in [-0.25, -0.2) is 4.68 Å². The summed E-state index contributed by atoms with van der Waals surface area (Å²) >= 11 is 0. The molecule has 14 heteroatoms. The van der Waals surface area contributed by atoms with Crippen LogP contribution in [0.5, 0.6) is 11.5 Å². The summed E-state index contributed by atoms with van der Waals surface area (Å²) in [6.07, 6.45) is -1.51. The zero-order chi connectivity index (χ0) is 34.5. The van der Waals surface area contributed by atoms with Crippen molar-refractivity contribution in [3.05, 3.63) is 108 Å². The van der Waals surface area contributed by atoms with Crippen molar-refractivity contribution >= 4 is 23.3 Å². The number of methoxy groups -OCH3 is 1. The third-order valence-corrected chi connectivity index (χ3v) is 7.94. The van der Waals surface area contributed by atoms with Crippen LogP contribution in [0.3, 0.4) is 0 Å². The second-order valence-electron chi connectivity index (χ2n) is 11.1. The van der Waals surface area contributed by atoms with Crippen molar-refractivity contribution in [1.82, 2.24) is 24.9 Å². The van der Waals surface area contributed by atoms with Gasteiger partial charge >= 0.3 is 6.18 Å². The van der Waals surface area contributed by atoms with E-state index in [1.165, 1.54) is 15.6 Å². The zero-order valence-electron chi connectivity index (χ0n) is 26.6. The summed E-state index contributed by atoms with van der Waals surface area (Å²) in [5.41, 5.74) is 1.22. The van der Waals surface area contributed by atoms with E-state index >= 15 is 0 Å². The topological polar surface area (TPSA) is 115 Å². The Balaban J connectivity index is 1.13. The molecule has 1 N–H and O–H groups in total. The molecular weight excluding hydrogens is 639 g/mol. The van der Waals surface area contributed by atoms with Crippen molar-refractivity contribution in [1.29, 1.82) is 0 Å². The monoisotopic (exact) mass is 671 g/mol. The summed E-state index contributed by atoms with van der Waals surface area (Å²) in [7, 11) is 1.55. The van der Waals surface area contributed by atoms with Crippen molar-refractivity contribution in [2.75, 3.05) is 50.1 Å². The molecule has 0 spiro atoms. The lowest BCUT2D eigenvalue weighted by Crippen LogP contribution is -2.49. The van der Waals surface area contributed by atoms with Gasteiger partial charge in [-0.05, 0) is 79.2 Å². The van der Waals surface area contributed by atoms with Gasteiger partial charge in [0.25, 0.3) is 11.8 Å². The average molecular weight is 672 g/mol. The number of nitrogens with one attached hydrogen (secondary N) is 1. The van der Waals surface area contributed by atoms with E-state index in [0.717, 1.165) is 17.7 Å². The molecule has 3 aromatic carbocycles. The Morgan fingerprint density at radius 2 is 1.65 bits per heavy atom. The number of rotatable bonds is 9. The number of hydrogen-bond acceptors (Lipinski definition) is 8. The largest absolute Gasteiger partial charge is 0.497 e. The number of alkyl halides is 3. The first kappa shape index (κ1) is 33.0. The molecule has 1 fully saturated rings. The highest BCUT2D eigenvalue weighted by atomic mass is 19.4. The molecule has 0 atom stereocenters. The van der Waals surface area contributed by atoms with Crippen LogP contribution in [-0.2, 0) is 6.18 Å². The van der Waals surface area contributed by atoms with Gasteiger partial charge < -0.3 is 24.6 Å². The predicted octanol–water partition coefficient (Wildman–Crippen LogP) is 5.97. The highest BCUT2D eigenvalue weighted by Gasteiger charge is 2.33. The standard InChI is InChI=1S/C35H32F3N7O4/c1-3-49-30-6-4-5-23(19-30)25-21-39-45(22-25)28-18-24(17-26(20-28)35(36,37)38)34(47)44-15-13-43(14-16-44)32-12-11-31(41-42-32)33(46)40-27-7-9-29(48-2)10-8-27/h4-12,17-22H,3,13-16H2,1-2H3,(H,40,46). The predicted molar refractivity (Wildman–Crippen MR) is 176 cm³/mol. The number of amides is 2. The van der Waals surface area contributed by atoms with E-state index < -0.39 is 23.6 Å².